The van der Waals surface area contributed by atoms with Crippen LogP contribution in [0.3, 0.4) is 0 Å². The molecule has 1 aliphatic heterocycles. The second-order valence-corrected chi connectivity index (χ2v) is 6.03. The van der Waals surface area contributed by atoms with Gasteiger partial charge in [-0.15, -0.1) is 0 Å². The standard InChI is InChI=1S/C18H24N2O6S/c1-10-13(17(21)26-9-8-22-2)14(20-18(27)19-10)11-6-7-12(23-3)16(25-5)15(11)24-4/h6-7,14H,8-9H2,1-5H3,(H2,19,20,27)/t14-/m0/s1. The van der Waals surface area contributed by atoms with Crippen molar-refractivity contribution in [3.8, 4) is 17.2 Å². The van der Waals surface area contributed by atoms with Gasteiger partial charge < -0.3 is 34.3 Å². The van der Waals surface area contributed by atoms with E-state index in [4.69, 9.17) is 35.9 Å². The minimum atomic E-state index is -0.580. The average Bonchev–Trinajstić information content (AvgIpc) is 2.65. The van der Waals surface area contributed by atoms with Gasteiger partial charge in [-0.25, -0.2) is 4.79 Å². The Balaban J connectivity index is 2.51. The van der Waals surface area contributed by atoms with E-state index >= 15 is 0 Å². The number of nitrogens with one attached hydrogen (secondary N) is 2. The zero-order chi connectivity index (χ0) is 20.0. The molecule has 0 aromatic heterocycles. The highest BCUT2D eigenvalue weighted by atomic mass is 32.1. The molecule has 0 bridgehead atoms. The van der Waals surface area contributed by atoms with Crippen molar-refractivity contribution in [1.29, 1.82) is 0 Å². The molecule has 1 aliphatic rings. The minimum absolute atomic E-state index is 0.145. The third kappa shape index (κ3) is 4.42. The molecule has 148 valence electrons. The highest BCUT2D eigenvalue weighted by Crippen LogP contribution is 2.44. The molecule has 1 aromatic rings. The molecule has 1 aromatic carbocycles. The summed E-state index contributed by atoms with van der Waals surface area (Å²) in [5.41, 5.74) is 1.66. The average molecular weight is 396 g/mol. The Morgan fingerprint density at radius 3 is 2.37 bits per heavy atom. The Morgan fingerprint density at radius 1 is 1.07 bits per heavy atom. The molecule has 0 amide bonds. The summed E-state index contributed by atoms with van der Waals surface area (Å²) in [4.78, 5) is 12.7. The number of ether oxygens (including phenoxy) is 5. The third-order valence-corrected chi connectivity index (χ3v) is 4.28. The molecule has 1 heterocycles. The van der Waals surface area contributed by atoms with E-state index in [0.29, 0.717) is 45.8 Å². The van der Waals surface area contributed by atoms with Crippen LogP contribution in [0.1, 0.15) is 18.5 Å². The molecule has 27 heavy (non-hydrogen) atoms. The fourth-order valence-corrected chi connectivity index (χ4v) is 3.12. The molecule has 0 radical (unpaired) electrons. The van der Waals surface area contributed by atoms with Crippen molar-refractivity contribution in [2.45, 2.75) is 13.0 Å². The fraction of sp³-hybridized carbons (Fsp3) is 0.444. The Kier molecular flexibility index (Phi) is 7.26. The topological polar surface area (TPSA) is 87.3 Å². The lowest BCUT2D eigenvalue weighted by molar-refractivity contribution is -0.140. The highest BCUT2D eigenvalue weighted by molar-refractivity contribution is 7.80. The van der Waals surface area contributed by atoms with Crippen molar-refractivity contribution >= 4 is 23.3 Å². The van der Waals surface area contributed by atoms with Crippen molar-refractivity contribution in [1.82, 2.24) is 10.6 Å². The smallest absolute Gasteiger partial charge is 0.338 e. The van der Waals surface area contributed by atoms with E-state index < -0.39 is 12.0 Å². The van der Waals surface area contributed by atoms with Gasteiger partial charge in [0.2, 0.25) is 5.75 Å². The van der Waals surface area contributed by atoms with E-state index in [1.165, 1.54) is 28.4 Å². The first kappa shape index (κ1) is 20.8. The van der Waals surface area contributed by atoms with Gasteiger partial charge in [0.25, 0.3) is 0 Å². The van der Waals surface area contributed by atoms with Gasteiger partial charge in [0.1, 0.15) is 6.61 Å². The summed E-state index contributed by atoms with van der Waals surface area (Å²) in [5, 5.41) is 6.45. The fourth-order valence-electron chi connectivity index (χ4n) is 2.84. The monoisotopic (exact) mass is 396 g/mol. The second kappa shape index (κ2) is 9.43. The first-order valence-corrected chi connectivity index (χ1v) is 8.62. The maximum Gasteiger partial charge on any atom is 0.338 e. The summed E-state index contributed by atoms with van der Waals surface area (Å²) in [6.07, 6.45) is 0. The molecular formula is C18H24N2O6S. The summed E-state index contributed by atoms with van der Waals surface area (Å²) >= 11 is 5.27. The maximum atomic E-state index is 12.7. The second-order valence-electron chi connectivity index (χ2n) is 5.62. The lowest BCUT2D eigenvalue weighted by atomic mass is 9.94. The van der Waals surface area contributed by atoms with Gasteiger partial charge in [-0.1, -0.05) is 0 Å². The molecule has 1 atom stereocenters. The number of esters is 1. The van der Waals surface area contributed by atoms with Gasteiger partial charge in [-0.05, 0) is 31.3 Å². The summed E-state index contributed by atoms with van der Waals surface area (Å²) in [7, 11) is 6.12. The molecular weight excluding hydrogens is 372 g/mol. The molecule has 0 saturated carbocycles. The van der Waals surface area contributed by atoms with E-state index in [1.807, 2.05) is 0 Å². The summed E-state index contributed by atoms with van der Waals surface area (Å²) in [5.74, 6) is 0.899. The van der Waals surface area contributed by atoms with Crippen molar-refractivity contribution in [2.75, 3.05) is 41.7 Å². The van der Waals surface area contributed by atoms with Crippen molar-refractivity contribution in [3.63, 3.8) is 0 Å². The first-order chi connectivity index (χ1) is 13.0. The zero-order valence-electron chi connectivity index (χ0n) is 16.0. The molecule has 2 rings (SSSR count). The van der Waals surface area contributed by atoms with Crippen molar-refractivity contribution in [2.24, 2.45) is 0 Å². The largest absolute Gasteiger partial charge is 0.493 e. The third-order valence-electron chi connectivity index (χ3n) is 4.06. The van der Waals surface area contributed by atoms with Crippen LogP contribution in [0, 0.1) is 0 Å². The van der Waals surface area contributed by atoms with Crippen LogP contribution in [-0.4, -0.2) is 52.7 Å². The number of carbonyl (C=O) groups is 1. The van der Waals surface area contributed by atoms with Crippen LogP contribution in [-0.2, 0) is 14.3 Å². The molecule has 0 aliphatic carbocycles. The van der Waals surface area contributed by atoms with Crippen LogP contribution in [0.4, 0.5) is 0 Å². The molecule has 0 unspecified atom stereocenters. The number of methoxy groups -OCH3 is 4. The SMILES string of the molecule is COCCOC(=O)C1=C(C)NC(=S)N[C@H]1c1ccc(OC)c(OC)c1OC. The van der Waals surface area contributed by atoms with Crippen molar-refractivity contribution in [3.05, 3.63) is 29.0 Å². The predicted octanol–water partition coefficient (Wildman–Crippen LogP) is 1.69. The number of rotatable bonds is 8. The normalized spacial score (nSPS) is 16.3. The Bertz CT molecular complexity index is 750. The summed E-state index contributed by atoms with van der Waals surface area (Å²) in [6, 6.07) is 2.96. The van der Waals surface area contributed by atoms with Crippen LogP contribution >= 0.6 is 12.2 Å². The van der Waals surface area contributed by atoms with Crippen LogP contribution < -0.4 is 24.8 Å². The number of hydrogen-bond acceptors (Lipinski definition) is 7. The van der Waals surface area contributed by atoms with E-state index in [1.54, 1.807) is 19.1 Å². The van der Waals surface area contributed by atoms with Crippen LogP contribution in [0.15, 0.2) is 23.4 Å². The van der Waals surface area contributed by atoms with Crippen molar-refractivity contribution < 1.29 is 28.5 Å². The maximum absolute atomic E-state index is 12.7. The van der Waals surface area contributed by atoms with E-state index in [0.717, 1.165) is 0 Å². The molecule has 8 nitrogen and oxygen atoms in total. The lowest BCUT2D eigenvalue weighted by Gasteiger charge is -2.31. The predicted molar refractivity (Wildman–Crippen MR) is 103 cm³/mol. The lowest BCUT2D eigenvalue weighted by Crippen LogP contribution is -2.45. The Morgan fingerprint density at radius 2 is 1.78 bits per heavy atom. The molecule has 0 fully saturated rings. The Hall–Kier alpha value is -2.52. The zero-order valence-corrected chi connectivity index (χ0v) is 16.8. The molecule has 9 heteroatoms. The molecule has 0 saturated heterocycles. The number of carbonyl (C=O) groups excluding carboxylic acids is 1. The quantitative estimate of drug-likeness (QED) is 0.387. The molecule has 2 N–H and O–H groups in total. The number of thiocarbonyl (C=S) groups is 1. The molecule has 0 spiro atoms. The van der Waals surface area contributed by atoms with E-state index in [9.17, 15) is 4.79 Å². The van der Waals surface area contributed by atoms with Gasteiger partial charge in [0.05, 0.1) is 39.6 Å². The van der Waals surface area contributed by atoms with Crippen LogP contribution in [0.5, 0.6) is 17.2 Å². The number of allylic oxidation sites excluding steroid dienone is 1. The van der Waals surface area contributed by atoms with Gasteiger partial charge in [-0.3, -0.25) is 0 Å². The first-order valence-electron chi connectivity index (χ1n) is 8.21. The van der Waals surface area contributed by atoms with Gasteiger partial charge >= 0.3 is 5.97 Å². The summed E-state index contributed by atoms with van der Waals surface area (Å²) in [6.45, 7) is 2.22. The Labute approximate surface area is 163 Å². The van der Waals surface area contributed by atoms with E-state index in [2.05, 4.69) is 10.6 Å². The summed E-state index contributed by atoms with van der Waals surface area (Å²) < 4.78 is 26.6. The number of benzene rings is 1. The van der Waals surface area contributed by atoms with Gasteiger partial charge in [0, 0.05) is 18.4 Å². The van der Waals surface area contributed by atoms with E-state index in [-0.39, 0.29) is 6.61 Å². The van der Waals surface area contributed by atoms with Gasteiger partial charge in [0.15, 0.2) is 16.6 Å². The number of hydrogen-bond donors (Lipinski definition) is 2. The highest BCUT2D eigenvalue weighted by Gasteiger charge is 2.34. The van der Waals surface area contributed by atoms with Gasteiger partial charge in [-0.2, -0.15) is 0 Å². The minimum Gasteiger partial charge on any atom is -0.493 e. The van der Waals surface area contributed by atoms with Crippen LogP contribution in [0.2, 0.25) is 0 Å². The van der Waals surface area contributed by atoms with Crippen LogP contribution in [0.25, 0.3) is 0 Å².